The molecule has 4 aliphatic rings. The molecule has 0 aromatic rings. The van der Waals surface area contributed by atoms with E-state index in [0.29, 0.717) is 0 Å². The number of hydrogen-bond acceptors (Lipinski definition) is 2. The Labute approximate surface area is 78.6 Å². The average molecular weight is 185 g/mol. The van der Waals surface area contributed by atoms with Gasteiger partial charge in [0.05, 0.1) is 5.60 Å². The second-order valence-corrected chi connectivity index (χ2v) is 5.55. The van der Waals surface area contributed by atoms with Crippen molar-refractivity contribution >= 4 is 0 Å². The number of rotatable bonds is 0. The second-order valence-electron chi connectivity index (χ2n) is 5.55. The maximum absolute atomic E-state index is 10.2. The van der Waals surface area contributed by atoms with Gasteiger partial charge in [0.1, 0.15) is 0 Å². The van der Waals surface area contributed by atoms with Crippen molar-refractivity contribution in [2.75, 3.05) is 0 Å². The summed E-state index contributed by atoms with van der Waals surface area (Å²) in [7, 11) is 0. The fraction of sp³-hybridized carbons (Fsp3) is 1.00. The third-order valence-corrected chi connectivity index (χ3v) is 4.08. The summed E-state index contributed by atoms with van der Waals surface area (Å²) in [6.07, 6.45) is 6.61. The first kappa shape index (κ1) is 9.44. The first-order chi connectivity index (χ1) is 5.57. The standard InChI is InChI=1S/C10H17NO.H2O/c11-9-2-7-1-8(3-9)5-10(12,4-7)6-9;/h7-8,12H,1-6,11H2;1H2. The van der Waals surface area contributed by atoms with E-state index in [9.17, 15) is 5.11 Å². The van der Waals surface area contributed by atoms with Crippen molar-refractivity contribution < 1.29 is 10.6 Å². The van der Waals surface area contributed by atoms with E-state index in [1.54, 1.807) is 0 Å². The Bertz CT molecular complexity index is 195. The van der Waals surface area contributed by atoms with Crippen LogP contribution < -0.4 is 5.73 Å². The Morgan fingerprint density at radius 3 is 2.00 bits per heavy atom. The topological polar surface area (TPSA) is 77.8 Å². The molecule has 0 radical (unpaired) electrons. The minimum Gasteiger partial charge on any atom is -0.412 e. The van der Waals surface area contributed by atoms with Gasteiger partial charge in [-0.2, -0.15) is 0 Å². The van der Waals surface area contributed by atoms with Crippen LogP contribution >= 0.6 is 0 Å². The van der Waals surface area contributed by atoms with Crippen molar-refractivity contribution in [1.82, 2.24) is 0 Å². The molecule has 4 fully saturated rings. The lowest BCUT2D eigenvalue weighted by atomic mass is 9.51. The Morgan fingerprint density at radius 1 is 1.08 bits per heavy atom. The summed E-state index contributed by atoms with van der Waals surface area (Å²) in [5.41, 5.74) is 5.90. The molecule has 0 saturated heterocycles. The van der Waals surface area contributed by atoms with Crippen LogP contribution in [0.3, 0.4) is 0 Å². The molecule has 3 heteroatoms. The summed E-state index contributed by atoms with van der Waals surface area (Å²) in [5.74, 6) is 1.47. The largest absolute Gasteiger partial charge is 0.412 e. The lowest BCUT2D eigenvalue weighted by Crippen LogP contribution is -2.62. The molecule has 0 amide bonds. The third kappa shape index (κ3) is 1.30. The number of aliphatic hydroxyl groups is 1. The summed E-state index contributed by atoms with van der Waals surface area (Å²) >= 11 is 0. The normalized spacial score (nSPS) is 57.7. The van der Waals surface area contributed by atoms with Gasteiger partial charge in [0.25, 0.3) is 0 Å². The van der Waals surface area contributed by atoms with E-state index in [1.807, 2.05) is 0 Å². The summed E-state index contributed by atoms with van der Waals surface area (Å²) in [6, 6.07) is 0. The van der Waals surface area contributed by atoms with Crippen LogP contribution in [0.5, 0.6) is 0 Å². The summed E-state index contributed by atoms with van der Waals surface area (Å²) in [4.78, 5) is 0. The van der Waals surface area contributed by atoms with E-state index >= 15 is 0 Å². The fourth-order valence-corrected chi connectivity index (χ4v) is 4.28. The quantitative estimate of drug-likeness (QED) is 0.565. The molecule has 0 aliphatic heterocycles. The Hall–Kier alpha value is -0.120. The van der Waals surface area contributed by atoms with Crippen molar-refractivity contribution in [2.45, 2.75) is 49.7 Å². The summed E-state index contributed by atoms with van der Waals surface area (Å²) in [6.45, 7) is 0. The Morgan fingerprint density at radius 2 is 1.62 bits per heavy atom. The fourth-order valence-electron chi connectivity index (χ4n) is 4.28. The van der Waals surface area contributed by atoms with E-state index in [-0.39, 0.29) is 16.6 Å². The van der Waals surface area contributed by atoms with Crippen LogP contribution in [0.2, 0.25) is 0 Å². The van der Waals surface area contributed by atoms with Gasteiger partial charge in [-0.05, 0) is 50.4 Å². The van der Waals surface area contributed by atoms with Crippen LogP contribution in [0.1, 0.15) is 38.5 Å². The van der Waals surface area contributed by atoms with Crippen molar-refractivity contribution in [2.24, 2.45) is 17.6 Å². The van der Waals surface area contributed by atoms with Gasteiger partial charge in [-0.3, -0.25) is 0 Å². The van der Waals surface area contributed by atoms with Crippen molar-refractivity contribution in [1.29, 1.82) is 0 Å². The zero-order valence-corrected chi connectivity index (χ0v) is 7.92. The predicted octanol–water partition coefficient (Wildman–Crippen LogP) is 0.204. The molecular formula is C10H19NO2. The highest BCUT2D eigenvalue weighted by Crippen LogP contribution is 2.56. The minimum atomic E-state index is -0.362. The molecule has 4 aliphatic carbocycles. The van der Waals surface area contributed by atoms with Crippen LogP contribution in [0.25, 0.3) is 0 Å². The highest BCUT2D eigenvalue weighted by molar-refractivity contribution is 5.10. The van der Waals surface area contributed by atoms with Gasteiger partial charge >= 0.3 is 0 Å². The zero-order valence-electron chi connectivity index (χ0n) is 7.92. The number of hydrogen-bond donors (Lipinski definition) is 2. The molecule has 0 aromatic carbocycles. The molecule has 0 spiro atoms. The zero-order chi connectivity index (χ0) is 8.40. The maximum atomic E-state index is 10.2. The van der Waals surface area contributed by atoms with Crippen LogP contribution in [-0.2, 0) is 0 Å². The van der Waals surface area contributed by atoms with Gasteiger partial charge in [0, 0.05) is 5.54 Å². The van der Waals surface area contributed by atoms with Gasteiger partial charge < -0.3 is 16.3 Å². The second kappa shape index (κ2) is 2.47. The van der Waals surface area contributed by atoms with Gasteiger partial charge in [0.2, 0.25) is 0 Å². The first-order valence-corrected chi connectivity index (χ1v) is 5.08. The molecule has 4 bridgehead atoms. The highest BCUT2D eigenvalue weighted by Gasteiger charge is 2.55. The van der Waals surface area contributed by atoms with E-state index in [2.05, 4.69) is 0 Å². The van der Waals surface area contributed by atoms with Crippen molar-refractivity contribution in [3.05, 3.63) is 0 Å². The SMILES string of the molecule is NC12CC3CC(C1)CC(O)(C3)C2.O. The monoisotopic (exact) mass is 185 g/mol. The molecule has 4 saturated carbocycles. The maximum Gasteiger partial charge on any atom is 0.0670 e. The summed E-state index contributed by atoms with van der Waals surface area (Å²) < 4.78 is 0. The van der Waals surface area contributed by atoms with Crippen molar-refractivity contribution in [3.8, 4) is 0 Å². The van der Waals surface area contributed by atoms with Gasteiger partial charge in [-0.1, -0.05) is 0 Å². The van der Waals surface area contributed by atoms with E-state index in [4.69, 9.17) is 5.73 Å². The molecule has 3 nitrogen and oxygen atoms in total. The van der Waals surface area contributed by atoms with E-state index in [0.717, 1.165) is 31.1 Å². The van der Waals surface area contributed by atoms with Gasteiger partial charge in [0.15, 0.2) is 0 Å². The molecule has 2 unspecified atom stereocenters. The molecular weight excluding hydrogens is 166 g/mol. The Balaban J connectivity index is 0.000000653. The van der Waals surface area contributed by atoms with Crippen molar-refractivity contribution in [3.63, 3.8) is 0 Å². The average Bonchev–Trinajstić information content (AvgIpc) is 1.75. The Kier molecular flexibility index (Phi) is 1.79. The molecule has 76 valence electrons. The third-order valence-electron chi connectivity index (χ3n) is 4.08. The number of nitrogens with two attached hydrogens (primary N) is 1. The van der Waals surface area contributed by atoms with E-state index in [1.165, 1.54) is 19.3 Å². The molecule has 0 heterocycles. The molecule has 4 rings (SSSR count). The molecule has 13 heavy (non-hydrogen) atoms. The van der Waals surface area contributed by atoms with E-state index < -0.39 is 0 Å². The van der Waals surface area contributed by atoms with Crippen LogP contribution in [0.15, 0.2) is 0 Å². The van der Waals surface area contributed by atoms with Crippen LogP contribution in [-0.4, -0.2) is 21.7 Å². The first-order valence-electron chi connectivity index (χ1n) is 5.08. The van der Waals surface area contributed by atoms with Crippen LogP contribution in [0, 0.1) is 11.8 Å². The summed E-state index contributed by atoms with van der Waals surface area (Å²) in [5, 5.41) is 10.2. The van der Waals surface area contributed by atoms with Gasteiger partial charge in [-0.25, -0.2) is 0 Å². The van der Waals surface area contributed by atoms with Gasteiger partial charge in [-0.15, -0.1) is 0 Å². The highest BCUT2D eigenvalue weighted by atomic mass is 16.3. The smallest absolute Gasteiger partial charge is 0.0670 e. The molecule has 5 N–H and O–H groups in total. The lowest BCUT2D eigenvalue weighted by Gasteiger charge is -2.58. The predicted molar refractivity (Wildman–Crippen MR) is 50.2 cm³/mol. The molecule has 0 aromatic heterocycles. The lowest BCUT2D eigenvalue weighted by molar-refractivity contribution is -0.133. The molecule has 2 atom stereocenters. The van der Waals surface area contributed by atoms with Crippen LogP contribution in [0.4, 0.5) is 0 Å². The minimum absolute atomic E-state index is 0.